The van der Waals surface area contributed by atoms with Crippen molar-refractivity contribution in [1.82, 2.24) is 4.72 Å². The van der Waals surface area contributed by atoms with Crippen molar-refractivity contribution in [3.8, 4) is 5.75 Å². The lowest BCUT2D eigenvalue weighted by Crippen LogP contribution is -2.27. The molecule has 0 aliphatic carbocycles. The topological polar surface area (TPSA) is 75.7 Å². The molecule has 1 fully saturated rings. The molecule has 1 saturated heterocycles. The second kappa shape index (κ2) is 8.94. The lowest BCUT2D eigenvalue weighted by atomic mass is 10.1. The van der Waals surface area contributed by atoms with Gasteiger partial charge in [0.15, 0.2) is 0 Å². The summed E-state index contributed by atoms with van der Waals surface area (Å²) >= 11 is 5.87. The normalized spacial score (nSPS) is 14.5. The van der Waals surface area contributed by atoms with E-state index in [4.69, 9.17) is 16.3 Å². The number of carbonyl (C=O) groups excluding carboxylic acids is 1. The zero-order chi connectivity index (χ0) is 20.1. The molecule has 6 nitrogen and oxygen atoms in total. The highest BCUT2D eigenvalue weighted by Crippen LogP contribution is 2.33. The molecule has 8 heteroatoms. The molecular weight excluding hydrogens is 400 g/mol. The number of amides is 1. The molecule has 1 N–H and O–H groups in total. The quantitative estimate of drug-likeness (QED) is 0.661. The first-order chi connectivity index (χ1) is 13.4. The molecule has 0 spiro atoms. The molecular formula is C20H23ClN2O4S. The van der Waals surface area contributed by atoms with Gasteiger partial charge in [-0.25, -0.2) is 13.1 Å². The van der Waals surface area contributed by atoms with Gasteiger partial charge in [0.05, 0.1) is 17.7 Å². The number of nitrogens with zero attached hydrogens (tertiary/aromatic N) is 1. The third-order valence-corrected chi connectivity index (χ3v) is 6.38. The zero-order valence-electron chi connectivity index (χ0n) is 15.7. The number of hydrogen-bond donors (Lipinski definition) is 1. The number of benzene rings is 2. The van der Waals surface area contributed by atoms with Crippen LogP contribution >= 0.6 is 11.6 Å². The van der Waals surface area contributed by atoms with Gasteiger partial charge < -0.3 is 9.64 Å². The predicted octanol–water partition coefficient (Wildman–Crippen LogP) is 3.39. The Labute approximate surface area is 170 Å². The minimum Gasteiger partial charge on any atom is -0.495 e. The first-order valence-electron chi connectivity index (χ1n) is 9.13. The molecule has 2 aromatic rings. The van der Waals surface area contributed by atoms with Crippen LogP contribution in [0, 0.1) is 0 Å². The number of methoxy groups -OCH3 is 1. The molecule has 0 unspecified atom stereocenters. The molecule has 0 atom stereocenters. The summed E-state index contributed by atoms with van der Waals surface area (Å²) in [5, 5.41) is 0.677. The molecule has 1 amide bonds. The van der Waals surface area contributed by atoms with Gasteiger partial charge in [-0.15, -0.1) is 0 Å². The summed E-state index contributed by atoms with van der Waals surface area (Å²) in [7, 11) is -2.18. The average molecular weight is 423 g/mol. The van der Waals surface area contributed by atoms with Crippen molar-refractivity contribution < 1.29 is 17.9 Å². The van der Waals surface area contributed by atoms with Crippen molar-refractivity contribution >= 4 is 33.2 Å². The monoisotopic (exact) mass is 422 g/mol. The van der Waals surface area contributed by atoms with E-state index in [0.717, 1.165) is 18.4 Å². The van der Waals surface area contributed by atoms with Crippen LogP contribution in [0.1, 0.15) is 24.8 Å². The number of carbonyl (C=O) groups is 1. The molecule has 1 aliphatic rings. The van der Waals surface area contributed by atoms with E-state index < -0.39 is 10.0 Å². The summed E-state index contributed by atoms with van der Waals surface area (Å²) in [6.45, 7) is 0.877. The minimum atomic E-state index is -3.68. The lowest BCUT2D eigenvalue weighted by molar-refractivity contribution is -0.117. The highest BCUT2D eigenvalue weighted by atomic mass is 35.5. The van der Waals surface area contributed by atoms with E-state index >= 15 is 0 Å². The Morgan fingerprint density at radius 1 is 1.18 bits per heavy atom. The molecule has 1 heterocycles. The van der Waals surface area contributed by atoms with Crippen LogP contribution in [0.25, 0.3) is 0 Å². The Balaban J connectivity index is 1.67. The summed E-state index contributed by atoms with van der Waals surface area (Å²) in [5.41, 5.74) is 1.59. The van der Waals surface area contributed by atoms with E-state index in [9.17, 15) is 13.2 Å². The van der Waals surface area contributed by atoms with Crippen molar-refractivity contribution in [2.45, 2.75) is 30.6 Å². The Morgan fingerprint density at radius 2 is 1.93 bits per heavy atom. The zero-order valence-corrected chi connectivity index (χ0v) is 17.2. The summed E-state index contributed by atoms with van der Waals surface area (Å²) in [6.07, 6.45) is 2.62. The van der Waals surface area contributed by atoms with Gasteiger partial charge in [-0.1, -0.05) is 23.7 Å². The highest BCUT2D eigenvalue weighted by molar-refractivity contribution is 7.89. The van der Waals surface area contributed by atoms with Gasteiger partial charge >= 0.3 is 0 Å². The molecule has 0 aromatic heterocycles. The first kappa shape index (κ1) is 20.6. The third-order valence-electron chi connectivity index (χ3n) is 4.67. The molecule has 0 radical (unpaired) electrons. The molecule has 2 aromatic carbocycles. The Morgan fingerprint density at radius 3 is 2.57 bits per heavy atom. The Bertz CT molecular complexity index is 945. The van der Waals surface area contributed by atoms with Crippen LogP contribution in [-0.2, 0) is 21.2 Å². The number of anilines is 1. The fraction of sp³-hybridized carbons (Fsp3) is 0.350. The molecule has 3 rings (SSSR count). The standard InChI is InChI=1S/C20H23ClN2O4S/c1-27-19-11-10-17(14-18(19)23-13-3-5-20(23)24)28(25,26)22-12-2-4-15-6-8-16(21)9-7-15/h6-11,14,22H,2-5,12-13H2,1H3. The SMILES string of the molecule is COc1ccc(S(=O)(=O)NCCCc2ccc(Cl)cc2)cc1N1CCCC1=O. The van der Waals surface area contributed by atoms with Crippen molar-refractivity contribution in [3.63, 3.8) is 0 Å². The van der Waals surface area contributed by atoms with Crippen molar-refractivity contribution in [2.75, 3.05) is 25.1 Å². The highest BCUT2D eigenvalue weighted by Gasteiger charge is 2.26. The van der Waals surface area contributed by atoms with Gasteiger partial charge in [-0.3, -0.25) is 4.79 Å². The fourth-order valence-corrected chi connectivity index (χ4v) is 4.40. The number of sulfonamides is 1. The summed E-state index contributed by atoms with van der Waals surface area (Å²) < 4.78 is 33.3. The van der Waals surface area contributed by atoms with Crippen LogP contribution in [0.3, 0.4) is 0 Å². The summed E-state index contributed by atoms with van der Waals surface area (Å²) in [6, 6.07) is 12.1. The van der Waals surface area contributed by atoms with Gasteiger partial charge in [0.1, 0.15) is 5.75 Å². The predicted molar refractivity (Wildman–Crippen MR) is 110 cm³/mol. The fourth-order valence-electron chi connectivity index (χ4n) is 3.18. The van der Waals surface area contributed by atoms with E-state index in [0.29, 0.717) is 42.4 Å². The van der Waals surface area contributed by atoms with Crippen LogP contribution in [0.2, 0.25) is 5.02 Å². The third kappa shape index (κ3) is 4.84. The smallest absolute Gasteiger partial charge is 0.240 e. The van der Waals surface area contributed by atoms with Gasteiger partial charge in [-0.05, 0) is 55.2 Å². The number of halogens is 1. The Hall–Kier alpha value is -2.09. The van der Waals surface area contributed by atoms with Crippen LogP contribution in [0.5, 0.6) is 5.75 Å². The van der Waals surface area contributed by atoms with Crippen LogP contribution in [0.4, 0.5) is 5.69 Å². The van der Waals surface area contributed by atoms with E-state index in [1.54, 1.807) is 11.0 Å². The van der Waals surface area contributed by atoms with E-state index in [1.165, 1.54) is 19.2 Å². The summed E-state index contributed by atoms with van der Waals surface area (Å²) in [4.78, 5) is 13.8. The van der Waals surface area contributed by atoms with E-state index in [2.05, 4.69) is 4.72 Å². The average Bonchev–Trinajstić information content (AvgIpc) is 3.12. The van der Waals surface area contributed by atoms with Crippen molar-refractivity contribution in [3.05, 3.63) is 53.1 Å². The maximum atomic E-state index is 12.7. The van der Waals surface area contributed by atoms with Crippen molar-refractivity contribution in [2.24, 2.45) is 0 Å². The molecule has 1 aliphatic heterocycles. The van der Waals surface area contributed by atoms with Gasteiger partial charge in [0.25, 0.3) is 0 Å². The molecule has 0 bridgehead atoms. The van der Waals surface area contributed by atoms with Gasteiger partial charge in [-0.2, -0.15) is 0 Å². The number of rotatable bonds is 8. The lowest BCUT2D eigenvalue weighted by Gasteiger charge is -2.20. The van der Waals surface area contributed by atoms with E-state index in [-0.39, 0.29) is 10.8 Å². The first-order valence-corrected chi connectivity index (χ1v) is 11.0. The Kier molecular flexibility index (Phi) is 6.59. The number of nitrogens with one attached hydrogen (secondary N) is 1. The number of ether oxygens (including phenoxy) is 1. The largest absolute Gasteiger partial charge is 0.495 e. The molecule has 0 saturated carbocycles. The van der Waals surface area contributed by atoms with Gasteiger partial charge in [0, 0.05) is 24.5 Å². The van der Waals surface area contributed by atoms with Gasteiger partial charge in [0.2, 0.25) is 15.9 Å². The van der Waals surface area contributed by atoms with Crippen LogP contribution in [-0.4, -0.2) is 34.5 Å². The van der Waals surface area contributed by atoms with E-state index in [1.807, 2.05) is 24.3 Å². The number of hydrogen-bond acceptors (Lipinski definition) is 4. The molecule has 150 valence electrons. The van der Waals surface area contributed by atoms with Crippen LogP contribution < -0.4 is 14.4 Å². The summed E-state index contributed by atoms with van der Waals surface area (Å²) in [5.74, 6) is 0.459. The maximum absolute atomic E-state index is 12.7. The minimum absolute atomic E-state index is 0.0243. The molecule has 28 heavy (non-hydrogen) atoms. The van der Waals surface area contributed by atoms with Crippen molar-refractivity contribution in [1.29, 1.82) is 0 Å². The van der Waals surface area contributed by atoms with Crippen LogP contribution in [0.15, 0.2) is 47.4 Å². The number of aryl methyl sites for hydroxylation is 1. The maximum Gasteiger partial charge on any atom is 0.240 e. The second-order valence-corrected chi connectivity index (χ2v) is 8.81. The second-order valence-electron chi connectivity index (χ2n) is 6.61.